The van der Waals surface area contributed by atoms with Gasteiger partial charge in [-0.3, -0.25) is 4.79 Å². The molecule has 0 bridgehead atoms. The van der Waals surface area contributed by atoms with Crippen molar-refractivity contribution < 1.29 is 28.9 Å². The Morgan fingerprint density at radius 3 is 2.46 bits per heavy atom. The standard InChI is InChI=1S/C29H23BrClNO6S/c1-3-37-29(35)25-26(33)24(39-28(25)32-27(34)18-7-5-4-6-8-18)14-19-13-22(36-2)23(15-21(19)30)38-16-17-9-11-20(31)12-10-17/h4-15,33H,3,16H2,1-2H3/b24-14-,32-28?. The third-order valence-electron chi connectivity index (χ3n) is 5.47. The number of amides is 1. The van der Waals surface area contributed by atoms with Gasteiger partial charge in [0.05, 0.1) is 18.6 Å². The van der Waals surface area contributed by atoms with Crippen molar-refractivity contribution in [1.29, 1.82) is 0 Å². The van der Waals surface area contributed by atoms with Gasteiger partial charge in [-0.05, 0) is 60.5 Å². The summed E-state index contributed by atoms with van der Waals surface area (Å²) < 4.78 is 17.3. The van der Waals surface area contributed by atoms with Gasteiger partial charge in [0, 0.05) is 15.1 Å². The van der Waals surface area contributed by atoms with Gasteiger partial charge in [-0.1, -0.05) is 69.6 Å². The predicted molar refractivity (Wildman–Crippen MR) is 157 cm³/mol. The molecule has 0 aromatic heterocycles. The fourth-order valence-corrected chi connectivity index (χ4v) is 5.11. The van der Waals surface area contributed by atoms with E-state index >= 15 is 0 Å². The quantitative estimate of drug-likeness (QED) is 0.260. The number of methoxy groups -OCH3 is 1. The number of halogens is 2. The van der Waals surface area contributed by atoms with Crippen molar-refractivity contribution in [3.63, 3.8) is 0 Å². The minimum atomic E-state index is -0.770. The largest absolute Gasteiger partial charge is 0.506 e. The topological polar surface area (TPSA) is 94.4 Å². The molecule has 1 aliphatic rings. The lowest BCUT2D eigenvalue weighted by molar-refractivity contribution is -0.138. The Hall–Kier alpha value is -3.53. The summed E-state index contributed by atoms with van der Waals surface area (Å²) in [6, 6.07) is 19.3. The molecule has 0 fully saturated rings. The summed E-state index contributed by atoms with van der Waals surface area (Å²) in [7, 11) is 1.52. The molecule has 0 atom stereocenters. The number of hydrogen-bond donors (Lipinski definition) is 1. The van der Waals surface area contributed by atoms with Crippen molar-refractivity contribution in [3.8, 4) is 11.5 Å². The van der Waals surface area contributed by atoms with Crippen LogP contribution < -0.4 is 9.47 Å². The van der Waals surface area contributed by atoms with Gasteiger partial charge in [-0.25, -0.2) is 9.79 Å². The van der Waals surface area contributed by atoms with Gasteiger partial charge in [0.15, 0.2) is 11.5 Å². The number of aliphatic imine (C=N–C) groups is 1. The number of hydrogen-bond acceptors (Lipinski definition) is 7. The molecule has 1 amide bonds. The molecule has 0 aliphatic carbocycles. The van der Waals surface area contributed by atoms with Crippen LogP contribution in [0.4, 0.5) is 0 Å². The maximum atomic E-state index is 12.7. The average Bonchev–Trinajstić information content (AvgIpc) is 3.24. The molecular weight excluding hydrogens is 606 g/mol. The second-order valence-electron chi connectivity index (χ2n) is 8.08. The summed E-state index contributed by atoms with van der Waals surface area (Å²) >= 11 is 10.5. The van der Waals surface area contributed by atoms with Crippen LogP contribution in [0.15, 0.2) is 92.4 Å². The van der Waals surface area contributed by atoms with Crippen LogP contribution in [0.1, 0.15) is 28.4 Å². The molecule has 0 radical (unpaired) electrons. The summed E-state index contributed by atoms with van der Waals surface area (Å²) in [5.74, 6) is -0.674. The minimum Gasteiger partial charge on any atom is -0.506 e. The van der Waals surface area contributed by atoms with E-state index in [2.05, 4.69) is 20.9 Å². The second kappa shape index (κ2) is 13.0. The maximum absolute atomic E-state index is 12.7. The highest BCUT2D eigenvalue weighted by Gasteiger charge is 2.34. The van der Waals surface area contributed by atoms with E-state index in [1.54, 1.807) is 67.6 Å². The predicted octanol–water partition coefficient (Wildman–Crippen LogP) is 7.39. The van der Waals surface area contributed by atoms with Crippen LogP contribution in [0, 0.1) is 0 Å². The molecule has 3 aromatic rings. The molecular formula is C29H23BrClNO6S. The first kappa shape index (κ1) is 28.5. The SMILES string of the molecule is CCOC(=O)C1=C(O)/C(=C/c2cc(OC)c(OCc3ccc(Cl)cc3)cc2Br)SC1=NC(=O)c1ccccc1. The van der Waals surface area contributed by atoms with Crippen molar-refractivity contribution in [3.05, 3.63) is 109 Å². The molecule has 3 aromatic carbocycles. The Morgan fingerprint density at radius 1 is 1.08 bits per heavy atom. The summed E-state index contributed by atoms with van der Waals surface area (Å²) in [5.41, 5.74) is 1.76. The van der Waals surface area contributed by atoms with Crippen LogP contribution in [0.5, 0.6) is 11.5 Å². The number of thioether (sulfide) groups is 1. The number of rotatable bonds is 8. The number of nitrogens with zero attached hydrogens (tertiary/aromatic N) is 1. The van der Waals surface area contributed by atoms with Crippen molar-refractivity contribution >= 4 is 62.3 Å². The maximum Gasteiger partial charge on any atom is 0.344 e. The highest BCUT2D eigenvalue weighted by Crippen LogP contribution is 2.42. The third-order valence-corrected chi connectivity index (χ3v) is 7.43. The fourth-order valence-electron chi connectivity index (χ4n) is 3.55. The molecule has 200 valence electrons. The average molecular weight is 629 g/mol. The zero-order valence-electron chi connectivity index (χ0n) is 20.9. The molecule has 0 spiro atoms. The smallest absolute Gasteiger partial charge is 0.344 e. The Kier molecular flexibility index (Phi) is 9.50. The summed E-state index contributed by atoms with van der Waals surface area (Å²) in [4.78, 5) is 29.8. The van der Waals surface area contributed by atoms with Crippen molar-refractivity contribution in [2.75, 3.05) is 13.7 Å². The van der Waals surface area contributed by atoms with Crippen LogP contribution in [-0.2, 0) is 16.1 Å². The number of carbonyl (C=O) groups is 2. The van der Waals surface area contributed by atoms with Gasteiger partial charge in [-0.15, -0.1) is 0 Å². The van der Waals surface area contributed by atoms with E-state index in [1.807, 2.05) is 12.1 Å². The molecule has 0 saturated heterocycles. The number of aliphatic hydroxyl groups is 1. The summed E-state index contributed by atoms with van der Waals surface area (Å²) in [6.45, 7) is 2.05. The lowest BCUT2D eigenvalue weighted by atomic mass is 10.1. The monoisotopic (exact) mass is 627 g/mol. The first-order valence-corrected chi connectivity index (χ1v) is 13.7. The number of esters is 1. The first-order chi connectivity index (χ1) is 18.8. The van der Waals surface area contributed by atoms with Crippen molar-refractivity contribution in [2.24, 2.45) is 4.99 Å². The lowest BCUT2D eigenvalue weighted by Gasteiger charge is -2.13. The zero-order valence-corrected chi connectivity index (χ0v) is 24.1. The Morgan fingerprint density at radius 2 is 1.79 bits per heavy atom. The molecule has 1 N–H and O–H groups in total. The van der Waals surface area contributed by atoms with E-state index in [4.69, 9.17) is 25.8 Å². The molecule has 10 heteroatoms. The second-order valence-corrected chi connectivity index (χ2v) is 10.4. The Bertz CT molecular complexity index is 1490. The number of benzene rings is 3. The molecule has 7 nitrogen and oxygen atoms in total. The number of ether oxygens (including phenoxy) is 3. The van der Waals surface area contributed by atoms with Gasteiger partial charge in [0.1, 0.15) is 23.0 Å². The van der Waals surface area contributed by atoms with Crippen LogP contribution in [0.2, 0.25) is 5.02 Å². The van der Waals surface area contributed by atoms with Gasteiger partial charge < -0.3 is 19.3 Å². The van der Waals surface area contributed by atoms with Crippen LogP contribution in [0.25, 0.3) is 6.08 Å². The number of carbonyl (C=O) groups excluding carboxylic acids is 2. The highest BCUT2D eigenvalue weighted by molar-refractivity contribution is 9.10. The van der Waals surface area contributed by atoms with E-state index in [1.165, 1.54) is 7.11 Å². The van der Waals surface area contributed by atoms with E-state index in [0.717, 1.165) is 17.3 Å². The van der Waals surface area contributed by atoms with E-state index in [0.29, 0.717) is 43.6 Å². The van der Waals surface area contributed by atoms with Crippen LogP contribution in [0.3, 0.4) is 0 Å². The van der Waals surface area contributed by atoms with Crippen LogP contribution >= 0.6 is 39.3 Å². The van der Waals surface area contributed by atoms with Crippen LogP contribution in [-0.4, -0.2) is 35.7 Å². The van der Waals surface area contributed by atoms with E-state index < -0.39 is 11.9 Å². The Balaban J connectivity index is 1.65. The van der Waals surface area contributed by atoms with Crippen molar-refractivity contribution in [1.82, 2.24) is 0 Å². The zero-order chi connectivity index (χ0) is 27.9. The van der Waals surface area contributed by atoms with Gasteiger partial charge >= 0.3 is 5.97 Å². The van der Waals surface area contributed by atoms with E-state index in [9.17, 15) is 14.7 Å². The van der Waals surface area contributed by atoms with E-state index in [-0.39, 0.29) is 23.0 Å². The molecule has 1 aliphatic heterocycles. The summed E-state index contributed by atoms with van der Waals surface area (Å²) in [5, 5.41) is 11.7. The normalized spacial score (nSPS) is 15.1. The van der Waals surface area contributed by atoms with Crippen molar-refractivity contribution in [2.45, 2.75) is 13.5 Å². The molecule has 0 unspecified atom stereocenters. The minimum absolute atomic E-state index is 0.0528. The van der Waals surface area contributed by atoms with Gasteiger partial charge in [0.2, 0.25) is 0 Å². The number of aliphatic hydroxyl groups excluding tert-OH is 1. The van der Waals surface area contributed by atoms with Gasteiger partial charge in [-0.2, -0.15) is 0 Å². The first-order valence-electron chi connectivity index (χ1n) is 11.7. The lowest BCUT2D eigenvalue weighted by Crippen LogP contribution is -2.14. The molecule has 39 heavy (non-hydrogen) atoms. The molecule has 0 saturated carbocycles. The fraction of sp³-hybridized carbons (Fsp3) is 0.138. The summed E-state index contributed by atoms with van der Waals surface area (Å²) in [6.07, 6.45) is 1.66. The van der Waals surface area contributed by atoms with Gasteiger partial charge in [0.25, 0.3) is 5.91 Å². The third kappa shape index (κ3) is 6.92. The molecule has 1 heterocycles. The highest BCUT2D eigenvalue weighted by atomic mass is 79.9. The molecule has 4 rings (SSSR count). The Labute approximate surface area is 243 Å².